The lowest BCUT2D eigenvalue weighted by Crippen LogP contribution is -2.35. The summed E-state index contributed by atoms with van der Waals surface area (Å²) in [5, 5.41) is 7.27. The summed E-state index contributed by atoms with van der Waals surface area (Å²) in [4.78, 5) is 0. The van der Waals surface area contributed by atoms with Crippen LogP contribution in [0, 0.1) is 13.8 Å². The van der Waals surface area contributed by atoms with E-state index in [9.17, 15) is 0 Å². The van der Waals surface area contributed by atoms with Gasteiger partial charge in [0, 0.05) is 19.1 Å². The lowest BCUT2D eigenvalue weighted by Gasteiger charge is -2.19. The zero-order valence-electron chi connectivity index (χ0n) is 18.6. The molecular formula is C26H41N3. The minimum absolute atomic E-state index is 0.599. The van der Waals surface area contributed by atoms with Crippen LogP contribution in [0.15, 0.2) is 48.5 Å². The summed E-state index contributed by atoms with van der Waals surface area (Å²) in [5.74, 6) is 0. The highest BCUT2D eigenvalue weighted by Crippen LogP contribution is 2.13. The van der Waals surface area contributed by atoms with E-state index in [1.54, 1.807) is 0 Å². The standard InChI is InChI=1S/C26H41N3/c1-22-10-14-24(15-11-22)6-3-8-26(29-21-20-28-19-5-18-27)9-4-7-25-16-12-23(2)13-17-25/h10-17,26,28-29H,3-9,18-21,27H2,1-2H3. The number of nitrogens with two attached hydrogens (primary N) is 1. The summed E-state index contributed by atoms with van der Waals surface area (Å²) in [7, 11) is 0. The van der Waals surface area contributed by atoms with Gasteiger partial charge in [0.05, 0.1) is 0 Å². The van der Waals surface area contributed by atoms with Crippen molar-refractivity contribution in [3.8, 4) is 0 Å². The van der Waals surface area contributed by atoms with Crippen LogP contribution in [0.4, 0.5) is 0 Å². The normalized spacial score (nSPS) is 11.3. The molecule has 4 N–H and O–H groups in total. The average Bonchev–Trinajstić information content (AvgIpc) is 2.73. The van der Waals surface area contributed by atoms with Crippen molar-refractivity contribution in [2.45, 2.75) is 64.8 Å². The molecule has 0 aliphatic heterocycles. The molecule has 3 heteroatoms. The second-order valence-electron chi connectivity index (χ2n) is 8.30. The van der Waals surface area contributed by atoms with E-state index in [0.29, 0.717) is 6.04 Å². The van der Waals surface area contributed by atoms with Crippen molar-refractivity contribution in [1.82, 2.24) is 10.6 Å². The Kier molecular flexibility index (Phi) is 11.7. The number of benzene rings is 2. The fourth-order valence-electron chi connectivity index (χ4n) is 3.68. The van der Waals surface area contributed by atoms with Crippen molar-refractivity contribution in [3.63, 3.8) is 0 Å². The molecule has 0 heterocycles. The molecule has 0 aromatic heterocycles. The first kappa shape index (κ1) is 23.6. The van der Waals surface area contributed by atoms with Crippen LogP contribution in [0.2, 0.25) is 0 Å². The van der Waals surface area contributed by atoms with E-state index in [2.05, 4.69) is 73.0 Å². The van der Waals surface area contributed by atoms with Crippen molar-refractivity contribution in [3.05, 3.63) is 70.8 Å². The Labute approximate surface area is 178 Å². The van der Waals surface area contributed by atoms with E-state index in [0.717, 1.165) is 32.6 Å². The number of nitrogens with one attached hydrogen (secondary N) is 2. The Morgan fingerprint density at radius 3 is 1.69 bits per heavy atom. The summed E-state index contributed by atoms with van der Waals surface area (Å²) in [6, 6.07) is 18.6. The van der Waals surface area contributed by atoms with Gasteiger partial charge in [-0.15, -0.1) is 0 Å². The van der Waals surface area contributed by atoms with Gasteiger partial charge in [0.1, 0.15) is 0 Å². The van der Waals surface area contributed by atoms with Crippen molar-refractivity contribution in [2.75, 3.05) is 26.2 Å². The molecule has 0 aliphatic carbocycles. The lowest BCUT2D eigenvalue weighted by atomic mass is 9.98. The van der Waals surface area contributed by atoms with Gasteiger partial charge in [-0.25, -0.2) is 0 Å². The number of aryl methyl sites for hydroxylation is 4. The molecule has 2 rings (SSSR count). The van der Waals surface area contributed by atoms with Gasteiger partial charge in [-0.3, -0.25) is 0 Å². The smallest absolute Gasteiger partial charge is 0.00793 e. The van der Waals surface area contributed by atoms with Gasteiger partial charge in [-0.2, -0.15) is 0 Å². The maximum Gasteiger partial charge on any atom is 0.00793 e. The van der Waals surface area contributed by atoms with Crippen LogP contribution in [0.25, 0.3) is 0 Å². The van der Waals surface area contributed by atoms with Crippen LogP contribution in [0.3, 0.4) is 0 Å². The van der Waals surface area contributed by atoms with Crippen LogP contribution in [-0.2, 0) is 12.8 Å². The Morgan fingerprint density at radius 1 is 0.690 bits per heavy atom. The number of hydrogen-bond acceptors (Lipinski definition) is 3. The largest absolute Gasteiger partial charge is 0.330 e. The van der Waals surface area contributed by atoms with Crippen molar-refractivity contribution >= 4 is 0 Å². The van der Waals surface area contributed by atoms with E-state index in [4.69, 9.17) is 5.73 Å². The van der Waals surface area contributed by atoms with Gasteiger partial charge in [0.2, 0.25) is 0 Å². The zero-order chi connectivity index (χ0) is 20.7. The van der Waals surface area contributed by atoms with Gasteiger partial charge >= 0.3 is 0 Å². The van der Waals surface area contributed by atoms with Crippen LogP contribution in [0.1, 0.15) is 54.4 Å². The summed E-state index contributed by atoms with van der Waals surface area (Å²) in [5.41, 5.74) is 11.1. The monoisotopic (exact) mass is 395 g/mol. The second kappa shape index (κ2) is 14.3. The van der Waals surface area contributed by atoms with Crippen molar-refractivity contribution < 1.29 is 0 Å². The molecule has 0 amide bonds. The maximum absolute atomic E-state index is 5.56. The summed E-state index contributed by atoms with van der Waals surface area (Å²) < 4.78 is 0. The molecule has 2 aromatic carbocycles. The molecule has 0 fully saturated rings. The van der Waals surface area contributed by atoms with E-state index >= 15 is 0 Å². The highest BCUT2D eigenvalue weighted by atomic mass is 15.0. The quantitative estimate of drug-likeness (QED) is 0.388. The van der Waals surface area contributed by atoms with Gasteiger partial charge in [-0.05, 0) is 83.0 Å². The fourth-order valence-corrected chi connectivity index (χ4v) is 3.68. The molecule has 0 spiro atoms. The van der Waals surface area contributed by atoms with Crippen molar-refractivity contribution in [2.24, 2.45) is 5.73 Å². The molecule has 3 nitrogen and oxygen atoms in total. The van der Waals surface area contributed by atoms with Gasteiger partial charge < -0.3 is 16.4 Å². The maximum atomic E-state index is 5.56. The molecule has 0 aliphatic rings. The van der Waals surface area contributed by atoms with Crippen LogP contribution in [-0.4, -0.2) is 32.2 Å². The summed E-state index contributed by atoms with van der Waals surface area (Å²) in [6.07, 6.45) is 8.36. The summed E-state index contributed by atoms with van der Waals surface area (Å²) in [6.45, 7) is 8.14. The third kappa shape index (κ3) is 10.6. The first-order chi connectivity index (χ1) is 14.2. The Morgan fingerprint density at radius 2 is 1.21 bits per heavy atom. The van der Waals surface area contributed by atoms with Gasteiger partial charge in [-0.1, -0.05) is 59.7 Å². The Hall–Kier alpha value is -1.68. The first-order valence-corrected chi connectivity index (χ1v) is 11.4. The minimum Gasteiger partial charge on any atom is -0.330 e. The zero-order valence-corrected chi connectivity index (χ0v) is 18.6. The van der Waals surface area contributed by atoms with Crippen molar-refractivity contribution in [1.29, 1.82) is 0 Å². The molecule has 0 atom stereocenters. The molecule has 2 aromatic rings. The number of hydrogen-bond donors (Lipinski definition) is 3. The van der Waals surface area contributed by atoms with Gasteiger partial charge in [0.25, 0.3) is 0 Å². The second-order valence-corrected chi connectivity index (χ2v) is 8.30. The van der Waals surface area contributed by atoms with E-state index in [1.807, 2.05) is 0 Å². The van der Waals surface area contributed by atoms with E-state index < -0.39 is 0 Å². The highest BCUT2D eigenvalue weighted by Gasteiger charge is 2.08. The minimum atomic E-state index is 0.599. The van der Waals surface area contributed by atoms with E-state index in [-0.39, 0.29) is 0 Å². The number of rotatable bonds is 15. The topological polar surface area (TPSA) is 50.1 Å². The SMILES string of the molecule is Cc1ccc(CCCC(CCCc2ccc(C)cc2)NCCNCCCN)cc1. The molecule has 0 saturated heterocycles. The lowest BCUT2D eigenvalue weighted by molar-refractivity contribution is 0.427. The predicted octanol–water partition coefficient (Wildman–Crippen LogP) is 4.55. The fraction of sp³-hybridized carbons (Fsp3) is 0.538. The van der Waals surface area contributed by atoms with Crippen LogP contribution < -0.4 is 16.4 Å². The Bertz CT molecular complexity index is 597. The Balaban J connectivity index is 1.73. The third-order valence-corrected chi connectivity index (χ3v) is 5.57. The van der Waals surface area contributed by atoms with Crippen LogP contribution >= 0.6 is 0 Å². The van der Waals surface area contributed by atoms with Gasteiger partial charge in [0.15, 0.2) is 0 Å². The summed E-state index contributed by atoms with van der Waals surface area (Å²) >= 11 is 0. The molecule has 0 unspecified atom stereocenters. The predicted molar refractivity (Wildman–Crippen MR) is 127 cm³/mol. The average molecular weight is 396 g/mol. The molecule has 0 radical (unpaired) electrons. The third-order valence-electron chi connectivity index (χ3n) is 5.57. The van der Waals surface area contributed by atoms with Crippen LogP contribution in [0.5, 0.6) is 0 Å². The van der Waals surface area contributed by atoms with E-state index in [1.165, 1.54) is 60.8 Å². The molecule has 0 bridgehead atoms. The molecule has 29 heavy (non-hydrogen) atoms. The molecule has 0 saturated carbocycles. The molecular weight excluding hydrogens is 354 g/mol. The first-order valence-electron chi connectivity index (χ1n) is 11.4. The highest BCUT2D eigenvalue weighted by molar-refractivity contribution is 5.22. The molecule has 160 valence electrons.